The first-order chi connectivity index (χ1) is 12.9. The van der Waals surface area contributed by atoms with Gasteiger partial charge in [-0.05, 0) is 31.4 Å². The lowest BCUT2D eigenvalue weighted by atomic mass is 9.65. The molecule has 0 saturated heterocycles. The molecule has 1 aromatic rings. The number of aromatic hydroxyl groups is 1. The lowest BCUT2D eigenvalue weighted by Crippen LogP contribution is -2.59. The van der Waals surface area contributed by atoms with Crippen LogP contribution in [0.25, 0.3) is 0 Å². The number of ether oxygens (including phenoxy) is 3. The topological polar surface area (TPSA) is 85.3 Å². The zero-order valence-electron chi connectivity index (χ0n) is 16.0. The van der Waals surface area contributed by atoms with E-state index >= 15 is 0 Å². The second-order valence-electron chi connectivity index (χ2n) is 6.37. The first-order valence-electron chi connectivity index (χ1n) is 8.77. The second kappa shape index (κ2) is 9.03. The van der Waals surface area contributed by atoms with Gasteiger partial charge in [-0.3, -0.25) is 9.59 Å². The van der Waals surface area contributed by atoms with E-state index in [0.717, 1.165) is 0 Å². The van der Waals surface area contributed by atoms with Gasteiger partial charge >= 0.3 is 5.97 Å². The van der Waals surface area contributed by atoms with Gasteiger partial charge in [0.25, 0.3) is 0 Å². The van der Waals surface area contributed by atoms with Crippen LogP contribution in [0.2, 0.25) is 0 Å². The Morgan fingerprint density at radius 3 is 2.52 bits per heavy atom. The van der Waals surface area contributed by atoms with Crippen LogP contribution in [0.15, 0.2) is 18.2 Å². The van der Waals surface area contributed by atoms with Gasteiger partial charge in [0.15, 0.2) is 11.7 Å². The van der Waals surface area contributed by atoms with E-state index in [1.54, 1.807) is 6.07 Å². The van der Waals surface area contributed by atoms with Crippen LogP contribution in [-0.2, 0) is 23.8 Å². The van der Waals surface area contributed by atoms with Crippen LogP contribution in [0.1, 0.15) is 31.2 Å². The lowest BCUT2D eigenvalue weighted by Gasteiger charge is -2.47. The number of amides is 1. The molecule has 1 N–H and O–H groups in total. The number of methoxy groups -OCH3 is 3. The van der Waals surface area contributed by atoms with Gasteiger partial charge in [-0.2, -0.15) is 0 Å². The molecule has 150 valence electrons. The molecule has 27 heavy (non-hydrogen) atoms. The predicted octanol–water partition coefficient (Wildman–Crippen LogP) is 2.80. The Hall–Kier alpha value is -1.64. The summed E-state index contributed by atoms with van der Waals surface area (Å²) < 4.78 is 16.1. The molecule has 2 rings (SSSR count). The Labute approximate surface area is 167 Å². The van der Waals surface area contributed by atoms with Crippen LogP contribution in [-0.4, -0.2) is 56.5 Å². The van der Waals surface area contributed by atoms with Gasteiger partial charge in [-0.15, -0.1) is 0 Å². The lowest BCUT2D eigenvalue weighted by molar-refractivity contribution is -0.179. The molecule has 0 radical (unpaired) electrons. The number of anilines is 1. The SMILES string of the molecule is CCN1C(=O)[C@@](CCCBr)(C(=O)OC)[C@@H](C(OC)OC)c2ccc(O)cc21. The molecule has 1 aromatic carbocycles. The maximum atomic E-state index is 13.6. The number of alkyl halides is 1. The minimum Gasteiger partial charge on any atom is -0.508 e. The summed E-state index contributed by atoms with van der Waals surface area (Å²) in [5.41, 5.74) is -0.243. The van der Waals surface area contributed by atoms with Gasteiger partial charge in [-0.25, -0.2) is 0 Å². The summed E-state index contributed by atoms with van der Waals surface area (Å²) in [6.07, 6.45) is 0.0161. The monoisotopic (exact) mass is 443 g/mol. The predicted molar refractivity (Wildman–Crippen MR) is 104 cm³/mol. The zero-order chi connectivity index (χ0) is 20.2. The third-order valence-corrected chi connectivity index (χ3v) is 5.67. The van der Waals surface area contributed by atoms with E-state index in [-0.39, 0.29) is 18.1 Å². The highest BCUT2D eigenvalue weighted by Gasteiger charge is 2.61. The summed E-state index contributed by atoms with van der Waals surface area (Å²) in [6.45, 7) is 2.17. The molecule has 8 heteroatoms. The van der Waals surface area contributed by atoms with Crippen LogP contribution in [0, 0.1) is 5.41 Å². The van der Waals surface area contributed by atoms with E-state index in [2.05, 4.69) is 15.9 Å². The summed E-state index contributed by atoms with van der Waals surface area (Å²) in [7, 11) is 4.22. The molecule has 0 unspecified atom stereocenters. The van der Waals surface area contributed by atoms with E-state index in [1.165, 1.54) is 38.4 Å². The number of rotatable bonds is 8. The molecule has 0 saturated carbocycles. The van der Waals surface area contributed by atoms with E-state index < -0.39 is 23.6 Å². The highest BCUT2D eigenvalue weighted by Crippen LogP contribution is 2.53. The smallest absolute Gasteiger partial charge is 0.322 e. The minimum atomic E-state index is -1.49. The number of phenols is 1. The van der Waals surface area contributed by atoms with Gasteiger partial charge in [0.1, 0.15) is 5.75 Å². The van der Waals surface area contributed by atoms with Gasteiger partial charge in [0, 0.05) is 32.2 Å². The number of halogens is 1. The summed E-state index contributed by atoms with van der Waals surface area (Å²) in [5, 5.41) is 10.6. The third kappa shape index (κ3) is 3.58. The molecular formula is C19H26BrNO6. The molecule has 0 aromatic heterocycles. The standard InChI is InChI=1S/C19H26BrNO6/c1-5-21-14-11-12(22)7-8-13(14)15(16(25-2)26-3)19(17(21)23,9-6-10-20)18(24)27-4/h7-8,11,15-16,22H,5-6,9-10H2,1-4H3/t15-,19+/m1/s1. The molecule has 0 aliphatic carbocycles. The van der Waals surface area contributed by atoms with Crippen molar-refractivity contribution in [1.82, 2.24) is 0 Å². The maximum absolute atomic E-state index is 13.6. The van der Waals surface area contributed by atoms with Gasteiger partial charge < -0.3 is 24.2 Å². The van der Waals surface area contributed by atoms with Gasteiger partial charge in [-0.1, -0.05) is 22.0 Å². The number of fused-ring (bicyclic) bond motifs is 1. The number of benzene rings is 1. The molecule has 1 aliphatic heterocycles. The quantitative estimate of drug-likeness (QED) is 0.287. The Morgan fingerprint density at radius 2 is 2.00 bits per heavy atom. The number of carbonyl (C=O) groups is 2. The summed E-state index contributed by atoms with van der Waals surface area (Å²) in [6, 6.07) is 4.77. The average molecular weight is 444 g/mol. The third-order valence-electron chi connectivity index (χ3n) is 5.10. The molecule has 1 amide bonds. The number of phenolic OH excluding ortho intramolecular Hbond substituents is 1. The summed E-state index contributed by atoms with van der Waals surface area (Å²) >= 11 is 3.38. The van der Waals surface area contributed by atoms with Gasteiger partial charge in [0.2, 0.25) is 5.91 Å². The molecular weight excluding hydrogens is 418 g/mol. The molecule has 2 atom stereocenters. The van der Waals surface area contributed by atoms with E-state index in [4.69, 9.17) is 14.2 Å². The fourth-order valence-electron chi connectivity index (χ4n) is 3.95. The summed E-state index contributed by atoms with van der Waals surface area (Å²) in [5.74, 6) is -1.67. The van der Waals surface area contributed by atoms with Crippen molar-refractivity contribution in [2.24, 2.45) is 5.41 Å². The van der Waals surface area contributed by atoms with E-state index in [1.807, 2.05) is 6.92 Å². The van der Waals surface area contributed by atoms with E-state index in [9.17, 15) is 14.7 Å². The Kier molecular flexibility index (Phi) is 7.25. The summed E-state index contributed by atoms with van der Waals surface area (Å²) in [4.78, 5) is 28.2. The fraction of sp³-hybridized carbons (Fsp3) is 0.579. The van der Waals surface area contributed by atoms with Crippen LogP contribution in [0.3, 0.4) is 0 Å². The van der Waals surface area contributed by atoms with Crippen LogP contribution < -0.4 is 4.90 Å². The number of nitrogens with zero attached hydrogens (tertiary/aromatic N) is 1. The van der Waals surface area contributed by atoms with E-state index in [0.29, 0.717) is 29.5 Å². The number of carbonyl (C=O) groups excluding carboxylic acids is 2. The first kappa shape index (κ1) is 21.7. The van der Waals surface area contributed by atoms with Crippen molar-refractivity contribution in [1.29, 1.82) is 0 Å². The van der Waals surface area contributed by atoms with Crippen molar-refractivity contribution < 1.29 is 28.9 Å². The minimum absolute atomic E-state index is 0.0381. The van der Waals surface area contributed by atoms with Gasteiger partial charge in [0.05, 0.1) is 18.7 Å². The van der Waals surface area contributed by atoms with Crippen LogP contribution >= 0.6 is 15.9 Å². The molecule has 0 bridgehead atoms. The number of hydrogen-bond donors (Lipinski definition) is 1. The largest absolute Gasteiger partial charge is 0.508 e. The van der Waals surface area contributed by atoms with Crippen molar-refractivity contribution in [2.75, 3.05) is 38.1 Å². The Balaban J connectivity index is 2.83. The highest BCUT2D eigenvalue weighted by molar-refractivity contribution is 9.09. The normalized spacial score (nSPS) is 22.1. The molecule has 0 fully saturated rings. The first-order valence-corrected chi connectivity index (χ1v) is 9.89. The van der Waals surface area contributed by atoms with Crippen molar-refractivity contribution >= 4 is 33.5 Å². The number of esters is 1. The molecule has 0 spiro atoms. The van der Waals surface area contributed by atoms with Crippen LogP contribution in [0.5, 0.6) is 5.75 Å². The Bertz CT molecular complexity index is 693. The fourth-order valence-corrected chi connectivity index (χ4v) is 4.23. The highest BCUT2D eigenvalue weighted by atomic mass is 79.9. The molecule has 1 aliphatic rings. The number of hydrogen-bond acceptors (Lipinski definition) is 6. The average Bonchev–Trinajstić information content (AvgIpc) is 2.68. The van der Waals surface area contributed by atoms with Crippen LogP contribution in [0.4, 0.5) is 5.69 Å². The van der Waals surface area contributed by atoms with Crippen molar-refractivity contribution in [3.63, 3.8) is 0 Å². The molecule has 1 heterocycles. The van der Waals surface area contributed by atoms with Crippen molar-refractivity contribution in [3.05, 3.63) is 23.8 Å². The second-order valence-corrected chi connectivity index (χ2v) is 7.16. The maximum Gasteiger partial charge on any atom is 0.322 e. The molecule has 7 nitrogen and oxygen atoms in total. The van der Waals surface area contributed by atoms with Crippen molar-refractivity contribution in [3.8, 4) is 5.75 Å². The zero-order valence-corrected chi connectivity index (χ0v) is 17.6. The van der Waals surface area contributed by atoms with Crippen molar-refractivity contribution in [2.45, 2.75) is 32.0 Å². The Morgan fingerprint density at radius 1 is 1.33 bits per heavy atom.